The van der Waals surface area contributed by atoms with Crippen LogP contribution in [0.3, 0.4) is 0 Å². The van der Waals surface area contributed by atoms with Crippen LogP contribution in [0.1, 0.15) is 18.1 Å². The van der Waals surface area contributed by atoms with Crippen molar-refractivity contribution < 1.29 is 13.9 Å². The Labute approximate surface area is 128 Å². The van der Waals surface area contributed by atoms with Crippen LogP contribution >= 0.6 is 12.2 Å². The fourth-order valence-electron chi connectivity index (χ4n) is 1.80. The molecule has 3 nitrogen and oxygen atoms in total. The summed E-state index contributed by atoms with van der Waals surface area (Å²) in [5.41, 5.74) is 6.57. The van der Waals surface area contributed by atoms with Gasteiger partial charge in [0.05, 0.1) is 6.61 Å². The molecule has 0 unspecified atom stereocenters. The predicted molar refractivity (Wildman–Crippen MR) is 84.2 cm³/mol. The number of hydrogen-bond donors (Lipinski definition) is 1. The van der Waals surface area contributed by atoms with Gasteiger partial charge >= 0.3 is 0 Å². The van der Waals surface area contributed by atoms with Crippen LogP contribution in [0.25, 0.3) is 0 Å². The third-order valence-electron chi connectivity index (χ3n) is 2.86. The van der Waals surface area contributed by atoms with Gasteiger partial charge in [0.1, 0.15) is 28.9 Å². The van der Waals surface area contributed by atoms with E-state index in [1.54, 1.807) is 36.4 Å². The first kappa shape index (κ1) is 15.3. The molecule has 0 radical (unpaired) electrons. The monoisotopic (exact) mass is 305 g/mol. The number of ether oxygens (including phenoxy) is 2. The Balaban J connectivity index is 2.05. The molecule has 0 aliphatic carbocycles. The summed E-state index contributed by atoms with van der Waals surface area (Å²) in [4.78, 5) is 0.234. The molecule has 0 aromatic heterocycles. The summed E-state index contributed by atoms with van der Waals surface area (Å²) in [6, 6.07) is 11.7. The zero-order chi connectivity index (χ0) is 15.2. The Morgan fingerprint density at radius 3 is 2.29 bits per heavy atom. The van der Waals surface area contributed by atoms with Gasteiger partial charge in [0.25, 0.3) is 0 Å². The molecule has 0 spiro atoms. The van der Waals surface area contributed by atoms with Gasteiger partial charge in [-0.25, -0.2) is 4.39 Å². The summed E-state index contributed by atoms with van der Waals surface area (Å²) in [7, 11) is 0. The summed E-state index contributed by atoms with van der Waals surface area (Å²) < 4.78 is 24.6. The Morgan fingerprint density at radius 2 is 1.71 bits per heavy atom. The minimum atomic E-state index is -0.346. The lowest BCUT2D eigenvalue weighted by molar-refractivity contribution is 0.298. The number of benzene rings is 2. The van der Waals surface area contributed by atoms with Gasteiger partial charge in [-0.15, -0.1) is 0 Å². The van der Waals surface area contributed by atoms with Crippen molar-refractivity contribution in [1.82, 2.24) is 0 Å². The first-order chi connectivity index (χ1) is 10.1. The maximum absolute atomic E-state index is 13.7. The topological polar surface area (TPSA) is 44.5 Å². The molecule has 2 aromatic rings. The summed E-state index contributed by atoms with van der Waals surface area (Å²) in [5.74, 6) is 1.06. The quantitative estimate of drug-likeness (QED) is 0.830. The lowest BCUT2D eigenvalue weighted by atomic mass is 10.1. The van der Waals surface area contributed by atoms with Crippen LogP contribution in [0.15, 0.2) is 42.5 Å². The molecule has 5 heteroatoms. The van der Waals surface area contributed by atoms with Crippen molar-refractivity contribution in [2.45, 2.75) is 13.5 Å². The van der Waals surface area contributed by atoms with Crippen LogP contribution in [-0.2, 0) is 6.61 Å². The van der Waals surface area contributed by atoms with Crippen molar-refractivity contribution in [2.24, 2.45) is 5.73 Å². The molecule has 0 fully saturated rings. The van der Waals surface area contributed by atoms with E-state index in [4.69, 9.17) is 27.4 Å². The zero-order valence-electron chi connectivity index (χ0n) is 11.6. The molecule has 21 heavy (non-hydrogen) atoms. The standard InChI is InChI=1S/C16H16FNO2S/c1-2-19-13-4-6-14(7-5-13)20-10-12-9-11(16(18)21)3-8-15(12)17/h3-9H,2,10H2,1H3,(H2,18,21). The Kier molecular flexibility index (Phi) is 5.11. The van der Waals surface area contributed by atoms with Gasteiger partial charge in [0.15, 0.2) is 0 Å². The first-order valence-corrected chi connectivity index (χ1v) is 6.95. The van der Waals surface area contributed by atoms with Crippen LogP contribution in [0.4, 0.5) is 4.39 Å². The molecule has 0 aliphatic rings. The predicted octanol–water partition coefficient (Wildman–Crippen LogP) is 3.44. The molecule has 0 saturated heterocycles. The van der Waals surface area contributed by atoms with Gasteiger partial charge in [0.2, 0.25) is 0 Å². The number of nitrogens with two attached hydrogens (primary N) is 1. The molecule has 0 atom stereocenters. The minimum Gasteiger partial charge on any atom is -0.494 e. The highest BCUT2D eigenvalue weighted by Gasteiger charge is 2.06. The fraction of sp³-hybridized carbons (Fsp3) is 0.188. The SMILES string of the molecule is CCOc1ccc(OCc2cc(C(N)=S)ccc2F)cc1. The highest BCUT2D eigenvalue weighted by Crippen LogP contribution is 2.19. The molecule has 110 valence electrons. The maximum Gasteiger partial charge on any atom is 0.129 e. The van der Waals surface area contributed by atoms with E-state index in [-0.39, 0.29) is 17.4 Å². The second-order valence-electron chi connectivity index (χ2n) is 4.36. The Bertz CT molecular complexity index is 629. The number of thiocarbonyl (C=S) groups is 1. The number of hydrogen-bond acceptors (Lipinski definition) is 3. The van der Waals surface area contributed by atoms with E-state index in [2.05, 4.69) is 0 Å². The van der Waals surface area contributed by atoms with Crippen LogP contribution in [0, 0.1) is 5.82 Å². The summed E-state index contributed by atoms with van der Waals surface area (Å²) in [6.07, 6.45) is 0. The fourth-order valence-corrected chi connectivity index (χ4v) is 1.93. The molecule has 0 aliphatic heterocycles. The molecule has 0 bridgehead atoms. The molecule has 2 N–H and O–H groups in total. The van der Waals surface area contributed by atoms with Gasteiger partial charge in [-0.05, 0) is 49.4 Å². The largest absolute Gasteiger partial charge is 0.494 e. The van der Waals surface area contributed by atoms with E-state index in [9.17, 15) is 4.39 Å². The lowest BCUT2D eigenvalue weighted by Crippen LogP contribution is -2.10. The second kappa shape index (κ2) is 7.04. The molecular formula is C16H16FNO2S. The van der Waals surface area contributed by atoms with E-state index in [1.165, 1.54) is 6.07 Å². The lowest BCUT2D eigenvalue weighted by Gasteiger charge is -2.09. The van der Waals surface area contributed by atoms with Crippen molar-refractivity contribution >= 4 is 17.2 Å². The minimum absolute atomic E-state index is 0.107. The third kappa shape index (κ3) is 4.16. The molecule has 0 heterocycles. The molecule has 2 aromatic carbocycles. The normalized spacial score (nSPS) is 10.2. The van der Waals surface area contributed by atoms with E-state index < -0.39 is 0 Å². The van der Waals surface area contributed by atoms with Crippen molar-refractivity contribution in [1.29, 1.82) is 0 Å². The van der Waals surface area contributed by atoms with Crippen LogP contribution in [0.5, 0.6) is 11.5 Å². The third-order valence-corrected chi connectivity index (χ3v) is 3.10. The van der Waals surface area contributed by atoms with Crippen molar-refractivity contribution in [2.75, 3.05) is 6.61 Å². The van der Waals surface area contributed by atoms with Gasteiger partial charge < -0.3 is 15.2 Å². The second-order valence-corrected chi connectivity index (χ2v) is 4.80. The van der Waals surface area contributed by atoms with E-state index in [0.717, 1.165) is 5.75 Å². The van der Waals surface area contributed by atoms with E-state index in [1.807, 2.05) is 6.92 Å². The number of halogens is 1. The summed E-state index contributed by atoms with van der Waals surface area (Å²) in [6.45, 7) is 2.63. The van der Waals surface area contributed by atoms with Gasteiger partial charge in [-0.1, -0.05) is 12.2 Å². The van der Waals surface area contributed by atoms with E-state index in [0.29, 0.717) is 23.5 Å². The van der Waals surface area contributed by atoms with Gasteiger partial charge in [0, 0.05) is 11.1 Å². The molecule has 0 saturated carbocycles. The summed E-state index contributed by atoms with van der Waals surface area (Å²) in [5, 5.41) is 0. The smallest absolute Gasteiger partial charge is 0.129 e. The average molecular weight is 305 g/mol. The van der Waals surface area contributed by atoms with Crippen molar-refractivity contribution in [3.63, 3.8) is 0 Å². The van der Waals surface area contributed by atoms with Crippen LogP contribution in [-0.4, -0.2) is 11.6 Å². The van der Waals surface area contributed by atoms with E-state index >= 15 is 0 Å². The average Bonchev–Trinajstić information content (AvgIpc) is 2.48. The Hall–Kier alpha value is -2.14. The number of rotatable bonds is 6. The van der Waals surface area contributed by atoms with Crippen molar-refractivity contribution in [3.8, 4) is 11.5 Å². The van der Waals surface area contributed by atoms with Crippen LogP contribution < -0.4 is 15.2 Å². The van der Waals surface area contributed by atoms with Gasteiger partial charge in [-0.2, -0.15) is 0 Å². The van der Waals surface area contributed by atoms with Crippen molar-refractivity contribution in [3.05, 3.63) is 59.4 Å². The molecule has 0 amide bonds. The highest BCUT2D eigenvalue weighted by molar-refractivity contribution is 7.80. The van der Waals surface area contributed by atoms with Gasteiger partial charge in [-0.3, -0.25) is 0 Å². The maximum atomic E-state index is 13.7. The zero-order valence-corrected chi connectivity index (χ0v) is 12.5. The summed E-state index contributed by atoms with van der Waals surface area (Å²) >= 11 is 4.88. The Morgan fingerprint density at radius 1 is 1.10 bits per heavy atom. The highest BCUT2D eigenvalue weighted by atomic mass is 32.1. The van der Waals surface area contributed by atoms with Crippen LogP contribution in [0.2, 0.25) is 0 Å². The first-order valence-electron chi connectivity index (χ1n) is 6.54. The molecule has 2 rings (SSSR count). The molecular weight excluding hydrogens is 289 g/mol.